The van der Waals surface area contributed by atoms with Crippen LogP contribution >= 0.6 is 0 Å². The number of hydrogen-bond acceptors (Lipinski definition) is 1. The third-order valence-corrected chi connectivity index (χ3v) is 4.67. The van der Waals surface area contributed by atoms with E-state index in [2.05, 4.69) is 65.8 Å². The molecular formula is C20H22N2. The summed E-state index contributed by atoms with van der Waals surface area (Å²) in [6, 6.07) is 18.0. The van der Waals surface area contributed by atoms with Crippen molar-refractivity contribution >= 4 is 16.6 Å². The molecule has 1 aliphatic carbocycles. The molecular weight excluding hydrogens is 268 g/mol. The van der Waals surface area contributed by atoms with Crippen LogP contribution in [0.3, 0.4) is 0 Å². The van der Waals surface area contributed by atoms with Crippen LogP contribution in [0.4, 0.5) is 5.69 Å². The molecule has 0 unspecified atom stereocenters. The van der Waals surface area contributed by atoms with Gasteiger partial charge >= 0.3 is 0 Å². The van der Waals surface area contributed by atoms with Crippen LogP contribution in [0.25, 0.3) is 22.2 Å². The molecule has 112 valence electrons. The molecule has 4 rings (SSSR count). The summed E-state index contributed by atoms with van der Waals surface area (Å²) in [5.74, 6) is 0. The second kappa shape index (κ2) is 5.53. The highest BCUT2D eigenvalue weighted by Gasteiger charge is 2.16. The monoisotopic (exact) mass is 290 g/mol. The molecule has 0 bridgehead atoms. The van der Waals surface area contributed by atoms with Gasteiger partial charge in [0.2, 0.25) is 0 Å². The number of aromatic nitrogens is 1. The quantitative estimate of drug-likeness (QED) is 0.655. The molecule has 0 radical (unpaired) electrons. The molecule has 2 heteroatoms. The Bertz CT molecular complexity index is 780. The van der Waals surface area contributed by atoms with Crippen molar-refractivity contribution in [2.45, 2.75) is 38.6 Å². The Morgan fingerprint density at radius 3 is 2.55 bits per heavy atom. The molecule has 0 spiro atoms. The van der Waals surface area contributed by atoms with Gasteiger partial charge in [0.1, 0.15) is 0 Å². The molecule has 1 fully saturated rings. The molecule has 1 aromatic heterocycles. The van der Waals surface area contributed by atoms with E-state index < -0.39 is 0 Å². The van der Waals surface area contributed by atoms with Crippen LogP contribution in [0.15, 0.2) is 48.5 Å². The SMILES string of the molecule is Cc1cc(NC2CCCC2)c2[nH]c(-c3ccccc3)cc2c1. The van der Waals surface area contributed by atoms with Gasteiger partial charge in [0, 0.05) is 17.1 Å². The lowest BCUT2D eigenvalue weighted by atomic mass is 10.1. The van der Waals surface area contributed by atoms with Crippen molar-refractivity contribution in [3.05, 3.63) is 54.1 Å². The maximum Gasteiger partial charge on any atom is 0.0694 e. The number of H-pyrrole nitrogens is 1. The number of anilines is 1. The smallest absolute Gasteiger partial charge is 0.0694 e. The van der Waals surface area contributed by atoms with E-state index in [1.807, 2.05) is 0 Å². The topological polar surface area (TPSA) is 27.8 Å². The standard InChI is InChI=1S/C20H22N2/c1-14-11-16-13-18(15-7-3-2-4-8-15)22-20(16)19(12-14)21-17-9-5-6-10-17/h2-4,7-8,11-13,17,21-22H,5-6,9-10H2,1H3. The molecule has 1 saturated carbocycles. The van der Waals surface area contributed by atoms with Crippen LogP contribution in [0.2, 0.25) is 0 Å². The van der Waals surface area contributed by atoms with E-state index in [4.69, 9.17) is 0 Å². The predicted molar refractivity (Wildman–Crippen MR) is 94.4 cm³/mol. The average Bonchev–Trinajstić information content (AvgIpc) is 3.17. The number of nitrogens with one attached hydrogen (secondary N) is 2. The molecule has 2 aromatic carbocycles. The predicted octanol–water partition coefficient (Wildman–Crippen LogP) is 5.50. The van der Waals surface area contributed by atoms with Crippen molar-refractivity contribution in [1.82, 2.24) is 4.98 Å². The Morgan fingerprint density at radius 2 is 1.77 bits per heavy atom. The van der Waals surface area contributed by atoms with Crippen molar-refractivity contribution in [2.24, 2.45) is 0 Å². The summed E-state index contributed by atoms with van der Waals surface area (Å²) in [6.07, 6.45) is 5.29. The number of hydrogen-bond donors (Lipinski definition) is 2. The highest BCUT2D eigenvalue weighted by Crippen LogP contribution is 2.32. The first kappa shape index (κ1) is 13.4. The molecule has 0 atom stereocenters. The van der Waals surface area contributed by atoms with Gasteiger partial charge in [-0.1, -0.05) is 43.2 Å². The highest BCUT2D eigenvalue weighted by molar-refractivity contribution is 5.95. The van der Waals surface area contributed by atoms with Gasteiger partial charge < -0.3 is 10.3 Å². The second-order valence-corrected chi connectivity index (χ2v) is 6.45. The van der Waals surface area contributed by atoms with E-state index in [-0.39, 0.29) is 0 Å². The third-order valence-electron chi connectivity index (χ3n) is 4.67. The minimum absolute atomic E-state index is 0.633. The fraction of sp³-hybridized carbons (Fsp3) is 0.300. The number of aryl methyl sites for hydroxylation is 1. The number of fused-ring (bicyclic) bond motifs is 1. The molecule has 2 N–H and O–H groups in total. The largest absolute Gasteiger partial charge is 0.381 e. The highest BCUT2D eigenvalue weighted by atomic mass is 14.9. The molecule has 0 saturated heterocycles. The van der Waals surface area contributed by atoms with Crippen molar-refractivity contribution in [3.8, 4) is 11.3 Å². The molecule has 2 nitrogen and oxygen atoms in total. The van der Waals surface area contributed by atoms with Crippen LogP contribution in [0.1, 0.15) is 31.2 Å². The van der Waals surface area contributed by atoms with Crippen LogP contribution in [0.5, 0.6) is 0 Å². The van der Waals surface area contributed by atoms with Crippen LogP contribution < -0.4 is 5.32 Å². The van der Waals surface area contributed by atoms with Gasteiger partial charge in [0.25, 0.3) is 0 Å². The Balaban J connectivity index is 1.77. The third kappa shape index (κ3) is 2.50. The maximum absolute atomic E-state index is 3.76. The van der Waals surface area contributed by atoms with Gasteiger partial charge in [-0.25, -0.2) is 0 Å². The summed E-state index contributed by atoms with van der Waals surface area (Å²) in [4.78, 5) is 3.62. The Labute approximate surface area is 131 Å². The van der Waals surface area contributed by atoms with E-state index in [0.29, 0.717) is 6.04 Å². The first-order chi connectivity index (χ1) is 10.8. The zero-order valence-corrected chi connectivity index (χ0v) is 13.0. The van der Waals surface area contributed by atoms with Crippen molar-refractivity contribution in [2.75, 3.05) is 5.32 Å². The average molecular weight is 290 g/mol. The minimum atomic E-state index is 0.633. The number of rotatable bonds is 3. The van der Waals surface area contributed by atoms with Gasteiger partial charge in [-0.3, -0.25) is 0 Å². The lowest BCUT2D eigenvalue weighted by Gasteiger charge is -2.15. The zero-order chi connectivity index (χ0) is 14.9. The van der Waals surface area contributed by atoms with E-state index in [9.17, 15) is 0 Å². The molecule has 1 heterocycles. The lowest BCUT2D eigenvalue weighted by molar-refractivity contribution is 0.756. The van der Waals surface area contributed by atoms with E-state index >= 15 is 0 Å². The molecule has 3 aromatic rings. The Kier molecular flexibility index (Phi) is 3.38. The minimum Gasteiger partial charge on any atom is -0.381 e. The molecule has 0 amide bonds. The van der Waals surface area contributed by atoms with Gasteiger partial charge in [-0.05, 0) is 49.1 Å². The summed E-state index contributed by atoms with van der Waals surface area (Å²) in [5, 5.41) is 5.05. The van der Waals surface area contributed by atoms with Crippen LogP contribution in [-0.2, 0) is 0 Å². The van der Waals surface area contributed by atoms with E-state index in [1.54, 1.807) is 0 Å². The van der Waals surface area contributed by atoms with Crippen LogP contribution in [0, 0.1) is 6.92 Å². The fourth-order valence-corrected chi connectivity index (χ4v) is 3.57. The van der Waals surface area contributed by atoms with Crippen LogP contribution in [-0.4, -0.2) is 11.0 Å². The summed E-state index contributed by atoms with van der Waals surface area (Å²) < 4.78 is 0. The van der Waals surface area contributed by atoms with Gasteiger partial charge in [0.15, 0.2) is 0 Å². The summed E-state index contributed by atoms with van der Waals surface area (Å²) >= 11 is 0. The van der Waals surface area contributed by atoms with Crippen molar-refractivity contribution in [3.63, 3.8) is 0 Å². The van der Waals surface area contributed by atoms with E-state index in [1.165, 1.54) is 59.1 Å². The van der Waals surface area contributed by atoms with Crippen molar-refractivity contribution < 1.29 is 0 Å². The van der Waals surface area contributed by atoms with Gasteiger partial charge in [-0.2, -0.15) is 0 Å². The van der Waals surface area contributed by atoms with Crippen molar-refractivity contribution in [1.29, 1.82) is 0 Å². The molecule has 22 heavy (non-hydrogen) atoms. The summed E-state index contributed by atoms with van der Waals surface area (Å²) in [5.41, 5.74) is 6.23. The first-order valence-corrected chi connectivity index (χ1v) is 8.25. The van der Waals surface area contributed by atoms with E-state index in [0.717, 1.165) is 0 Å². The number of benzene rings is 2. The Morgan fingerprint density at radius 1 is 1.00 bits per heavy atom. The molecule has 0 aliphatic heterocycles. The lowest BCUT2D eigenvalue weighted by Crippen LogP contribution is -2.14. The second-order valence-electron chi connectivity index (χ2n) is 6.45. The zero-order valence-electron chi connectivity index (χ0n) is 13.0. The van der Waals surface area contributed by atoms with Gasteiger partial charge in [-0.15, -0.1) is 0 Å². The molecule has 1 aliphatic rings. The Hall–Kier alpha value is -2.22. The number of aromatic amines is 1. The normalized spacial score (nSPS) is 15.5. The fourth-order valence-electron chi connectivity index (χ4n) is 3.57. The maximum atomic E-state index is 3.76. The summed E-state index contributed by atoms with van der Waals surface area (Å²) in [7, 11) is 0. The first-order valence-electron chi connectivity index (χ1n) is 8.25. The van der Waals surface area contributed by atoms with Gasteiger partial charge in [0.05, 0.1) is 11.2 Å². The summed E-state index contributed by atoms with van der Waals surface area (Å²) in [6.45, 7) is 2.18.